The van der Waals surface area contributed by atoms with E-state index in [1.165, 1.54) is 5.56 Å². The van der Waals surface area contributed by atoms with Crippen LogP contribution in [0.2, 0.25) is 0 Å². The van der Waals surface area contributed by atoms with Crippen LogP contribution in [-0.2, 0) is 17.6 Å². The van der Waals surface area contributed by atoms with E-state index in [0.717, 1.165) is 24.8 Å². The Hall–Kier alpha value is -2.29. The van der Waals surface area contributed by atoms with Gasteiger partial charge in [-0.25, -0.2) is 4.79 Å². The Morgan fingerprint density at radius 1 is 1.00 bits per heavy atom. The van der Waals surface area contributed by atoms with Gasteiger partial charge >= 0.3 is 6.16 Å². The van der Waals surface area contributed by atoms with E-state index < -0.39 is 6.16 Å². The first kappa shape index (κ1) is 15.1. The van der Waals surface area contributed by atoms with Crippen LogP contribution in [0.1, 0.15) is 24.5 Å². The van der Waals surface area contributed by atoms with E-state index >= 15 is 0 Å². The van der Waals surface area contributed by atoms with Crippen molar-refractivity contribution in [2.24, 2.45) is 0 Å². The Morgan fingerprint density at radius 2 is 1.71 bits per heavy atom. The zero-order chi connectivity index (χ0) is 14.9. The topological polar surface area (TPSA) is 35.5 Å². The minimum atomic E-state index is -0.635. The fraction of sp³-hybridized carbons (Fsp3) is 0.278. The van der Waals surface area contributed by atoms with Crippen molar-refractivity contribution in [3.8, 4) is 5.75 Å². The van der Waals surface area contributed by atoms with Crippen LogP contribution in [0.4, 0.5) is 4.79 Å². The van der Waals surface area contributed by atoms with Crippen LogP contribution in [0, 0.1) is 0 Å². The smallest absolute Gasteiger partial charge is 0.434 e. The fourth-order valence-electron chi connectivity index (χ4n) is 2.09. The maximum Gasteiger partial charge on any atom is 0.513 e. The van der Waals surface area contributed by atoms with E-state index in [4.69, 9.17) is 9.47 Å². The number of carbonyl (C=O) groups excluding carboxylic acids is 1. The molecule has 110 valence electrons. The van der Waals surface area contributed by atoms with Crippen LogP contribution in [0.3, 0.4) is 0 Å². The first-order chi connectivity index (χ1) is 10.3. The molecule has 0 aliphatic heterocycles. The van der Waals surface area contributed by atoms with Crippen molar-refractivity contribution in [3.05, 3.63) is 65.7 Å². The monoisotopic (exact) mass is 284 g/mol. The van der Waals surface area contributed by atoms with Crippen molar-refractivity contribution < 1.29 is 14.3 Å². The fourth-order valence-corrected chi connectivity index (χ4v) is 2.09. The highest BCUT2D eigenvalue weighted by atomic mass is 16.7. The second-order valence-electron chi connectivity index (χ2n) is 4.75. The minimum Gasteiger partial charge on any atom is -0.434 e. The van der Waals surface area contributed by atoms with Gasteiger partial charge in [0, 0.05) is 0 Å². The zero-order valence-electron chi connectivity index (χ0n) is 12.2. The number of carbonyl (C=O) groups is 1. The molecule has 0 aliphatic rings. The first-order valence-electron chi connectivity index (χ1n) is 7.26. The standard InChI is InChI=1S/C18H20O3/c1-2-16-12-6-7-13-17(16)21-18(19)20-14-8-11-15-9-4-3-5-10-15/h3-7,9-10,12-13H,2,8,11,14H2,1H3. The Bertz CT molecular complexity index is 564. The predicted molar refractivity (Wildman–Crippen MR) is 82.6 cm³/mol. The van der Waals surface area contributed by atoms with Crippen LogP contribution >= 0.6 is 0 Å². The van der Waals surface area contributed by atoms with Crippen LogP contribution in [0.5, 0.6) is 5.75 Å². The second kappa shape index (κ2) is 8.10. The van der Waals surface area contributed by atoms with E-state index in [1.807, 2.05) is 43.3 Å². The van der Waals surface area contributed by atoms with Gasteiger partial charge < -0.3 is 9.47 Å². The Morgan fingerprint density at radius 3 is 2.48 bits per heavy atom. The number of aryl methyl sites for hydroxylation is 2. The predicted octanol–water partition coefficient (Wildman–Crippen LogP) is 4.40. The summed E-state index contributed by atoms with van der Waals surface area (Å²) in [6.45, 7) is 2.38. The molecule has 2 aromatic carbocycles. The molecule has 2 aromatic rings. The van der Waals surface area contributed by atoms with Crippen molar-refractivity contribution in [3.63, 3.8) is 0 Å². The molecule has 3 nitrogen and oxygen atoms in total. The van der Waals surface area contributed by atoms with E-state index in [0.29, 0.717) is 12.4 Å². The molecule has 0 saturated heterocycles. The van der Waals surface area contributed by atoms with E-state index in [-0.39, 0.29) is 0 Å². The SMILES string of the molecule is CCc1ccccc1OC(=O)OCCCc1ccccc1. The van der Waals surface area contributed by atoms with Crippen LogP contribution < -0.4 is 4.74 Å². The quantitative estimate of drug-likeness (QED) is 0.448. The molecule has 0 fully saturated rings. The highest BCUT2D eigenvalue weighted by Crippen LogP contribution is 2.18. The number of para-hydroxylation sites is 1. The summed E-state index contributed by atoms with van der Waals surface area (Å²) in [5.74, 6) is 0.577. The highest BCUT2D eigenvalue weighted by molar-refractivity contribution is 5.64. The van der Waals surface area contributed by atoms with Gasteiger partial charge in [-0.05, 0) is 36.5 Å². The van der Waals surface area contributed by atoms with Gasteiger partial charge in [0.25, 0.3) is 0 Å². The third-order valence-electron chi connectivity index (χ3n) is 3.22. The number of benzene rings is 2. The molecular weight excluding hydrogens is 264 g/mol. The molecule has 0 N–H and O–H groups in total. The average molecular weight is 284 g/mol. The summed E-state index contributed by atoms with van der Waals surface area (Å²) in [6, 6.07) is 17.6. The van der Waals surface area contributed by atoms with E-state index in [2.05, 4.69) is 12.1 Å². The van der Waals surface area contributed by atoms with Gasteiger partial charge in [0.2, 0.25) is 0 Å². The van der Waals surface area contributed by atoms with Gasteiger partial charge in [-0.2, -0.15) is 0 Å². The maximum atomic E-state index is 11.6. The molecule has 3 heteroatoms. The van der Waals surface area contributed by atoms with Crippen molar-refractivity contribution in [2.45, 2.75) is 26.2 Å². The van der Waals surface area contributed by atoms with Crippen molar-refractivity contribution in [1.82, 2.24) is 0 Å². The van der Waals surface area contributed by atoms with Gasteiger partial charge in [0.1, 0.15) is 5.75 Å². The molecule has 0 aliphatic carbocycles. The Kier molecular flexibility index (Phi) is 5.83. The van der Waals surface area contributed by atoms with Gasteiger partial charge in [0.05, 0.1) is 6.61 Å². The molecule has 0 spiro atoms. The second-order valence-corrected chi connectivity index (χ2v) is 4.75. The molecule has 0 aromatic heterocycles. The van der Waals surface area contributed by atoms with Gasteiger partial charge in [-0.1, -0.05) is 55.5 Å². The van der Waals surface area contributed by atoms with Gasteiger partial charge in [-0.3, -0.25) is 0 Å². The molecule has 0 atom stereocenters. The molecule has 0 bridgehead atoms. The van der Waals surface area contributed by atoms with Crippen molar-refractivity contribution >= 4 is 6.16 Å². The van der Waals surface area contributed by atoms with E-state index in [9.17, 15) is 4.79 Å². The molecule has 0 unspecified atom stereocenters. The van der Waals surface area contributed by atoms with Crippen LogP contribution in [0.25, 0.3) is 0 Å². The molecule has 0 amide bonds. The van der Waals surface area contributed by atoms with Crippen LogP contribution in [0.15, 0.2) is 54.6 Å². The summed E-state index contributed by atoms with van der Waals surface area (Å²) in [5.41, 5.74) is 2.24. The van der Waals surface area contributed by atoms with Gasteiger partial charge in [-0.15, -0.1) is 0 Å². The number of rotatable bonds is 6. The highest BCUT2D eigenvalue weighted by Gasteiger charge is 2.08. The summed E-state index contributed by atoms with van der Waals surface area (Å²) < 4.78 is 10.3. The number of ether oxygens (including phenoxy) is 2. The maximum absolute atomic E-state index is 11.6. The summed E-state index contributed by atoms with van der Waals surface area (Å²) in [7, 11) is 0. The van der Waals surface area contributed by atoms with E-state index in [1.54, 1.807) is 6.07 Å². The third-order valence-corrected chi connectivity index (χ3v) is 3.22. The summed E-state index contributed by atoms with van der Waals surface area (Å²) in [4.78, 5) is 11.6. The number of hydrogen-bond acceptors (Lipinski definition) is 3. The summed E-state index contributed by atoms with van der Waals surface area (Å²) in [6.07, 6.45) is 1.86. The largest absolute Gasteiger partial charge is 0.513 e. The summed E-state index contributed by atoms with van der Waals surface area (Å²) >= 11 is 0. The molecule has 0 radical (unpaired) electrons. The molecule has 0 saturated carbocycles. The first-order valence-corrected chi connectivity index (χ1v) is 7.26. The molecular formula is C18H20O3. The van der Waals surface area contributed by atoms with Crippen LogP contribution in [-0.4, -0.2) is 12.8 Å². The Balaban J connectivity index is 1.72. The zero-order valence-corrected chi connectivity index (χ0v) is 12.2. The molecule has 2 rings (SSSR count). The average Bonchev–Trinajstić information content (AvgIpc) is 2.53. The normalized spacial score (nSPS) is 10.1. The van der Waals surface area contributed by atoms with Gasteiger partial charge in [0.15, 0.2) is 0 Å². The summed E-state index contributed by atoms with van der Waals surface area (Å²) in [5, 5.41) is 0. The lowest BCUT2D eigenvalue weighted by Crippen LogP contribution is -2.12. The molecule has 0 heterocycles. The lowest BCUT2D eigenvalue weighted by molar-refractivity contribution is 0.0977. The lowest BCUT2D eigenvalue weighted by Gasteiger charge is -2.09. The van der Waals surface area contributed by atoms with Crippen molar-refractivity contribution in [2.75, 3.05) is 6.61 Å². The number of hydrogen-bond donors (Lipinski definition) is 0. The Labute approximate surface area is 125 Å². The molecule has 21 heavy (non-hydrogen) atoms. The van der Waals surface area contributed by atoms with Crippen molar-refractivity contribution in [1.29, 1.82) is 0 Å². The lowest BCUT2D eigenvalue weighted by atomic mass is 10.1. The minimum absolute atomic E-state index is 0.363. The third kappa shape index (κ3) is 4.95.